The van der Waals surface area contributed by atoms with Crippen LogP contribution in [0.1, 0.15) is 5.56 Å². The maximum absolute atomic E-state index is 12.9. The summed E-state index contributed by atoms with van der Waals surface area (Å²) < 4.78 is 49.8. The van der Waals surface area contributed by atoms with Gasteiger partial charge in [0.25, 0.3) is 0 Å². The van der Waals surface area contributed by atoms with E-state index in [1.807, 2.05) is 0 Å². The number of aliphatic hydroxyl groups excluding tert-OH is 1. The van der Waals surface area contributed by atoms with Crippen LogP contribution in [0, 0.1) is 17.5 Å². The number of rotatable bonds is 3. The van der Waals surface area contributed by atoms with Gasteiger partial charge >= 0.3 is 0 Å². The van der Waals surface area contributed by atoms with Crippen molar-refractivity contribution in [2.45, 2.75) is 12.5 Å². The minimum Gasteiger partial charge on any atom is -0.390 e. The van der Waals surface area contributed by atoms with Gasteiger partial charge in [0, 0.05) is 12.5 Å². The summed E-state index contributed by atoms with van der Waals surface area (Å²) in [6, 6.07) is 0.985. The monoisotopic (exact) mass is 208 g/mol. The molecular formula is C9H8F4O. The summed E-state index contributed by atoms with van der Waals surface area (Å²) in [6.07, 6.45) is -1.77. The van der Waals surface area contributed by atoms with Gasteiger partial charge in [-0.15, -0.1) is 0 Å². The van der Waals surface area contributed by atoms with E-state index < -0.39 is 30.2 Å². The highest BCUT2D eigenvalue weighted by molar-refractivity contribution is 5.20. The van der Waals surface area contributed by atoms with Crippen LogP contribution in [0.3, 0.4) is 0 Å². The summed E-state index contributed by atoms with van der Waals surface area (Å²) in [5.41, 5.74) is -0.242. The van der Waals surface area contributed by atoms with Crippen molar-refractivity contribution in [3.05, 3.63) is 35.1 Å². The molecule has 0 aromatic heterocycles. The van der Waals surface area contributed by atoms with Crippen LogP contribution in [0.15, 0.2) is 12.1 Å². The van der Waals surface area contributed by atoms with Crippen LogP contribution in [0.25, 0.3) is 0 Å². The standard InChI is InChI=1S/C9H8F4O/c10-4-6(14)1-5-2-8(12)9(13)3-7(5)11/h2-3,6,14H,1,4H2. The van der Waals surface area contributed by atoms with Crippen molar-refractivity contribution < 1.29 is 22.7 Å². The molecule has 0 saturated heterocycles. The Morgan fingerprint density at radius 1 is 1.07 bits per heavy atom. The van der Waals surface area contributed by atoms with E-state index in [9.17, 15) is 17.6 Å². The van der Waals surface area contributed by atoms with E-state index in [1.54, 1.807) is 0 Å². The molecule has 0 radical (unpaired) electrons. The molecule has 1 nitrogen and oxygen atoms in total. The summed E-state index contributed by atoms with van der Waals surface area (Å²) in [4.78, 5) is 0. The van der Waals surface area contributed by atoms with Crippen LogP contribution in [-0.2, 0) is 6.42 Å². The lowest BCUT2D eigenvalue weighted by Crippen LogP contribution is -2.14. The third-order valence-electron chi connectivity index (χ3n) is 1.72. The number of hydrogen-bond acceptors (Lipinski definition) is 1. The summed E-state index contributed by atoms with van der Waals surface area (Å²) in [5, 5.41) is 8.84. The minimum absolute atomic E-state index is 0.242. The van der Waals surface area contributed by atoms with E-state index in [2.05, 4.69) is 0 Å². The number of alkyl halides is 1. The third kappa shape index (κ3) is 2.45. The van der Waals surface area contributed by atoms with Gasteiger partial charge in [-0.25, -0.2) is 17.6 Å². The van der Waals surface area contributed by atoms with Gasteiger partial charge in [0.2, 0.25) is 0 Å². The zero-order valence-electron chi connectivity index (χ0n) is 7.11. The fourth-order valence-electron chi connectivity index (χ4n) is 1.03. The summed E-state index contributed by atoms with van der Waals surface area (Å²) >= 11 is 0. The molecule has 0 amide bonds. The molecular weight excluding hydrogens is 200 g/mol. The second-order valence-corrected chi connectivity index (χ2v) is 2.87. The Labute approximate surface area is 78.0 Å². The zero-order chi connectivity index (χ0) is 10.7. The van der Waals surface area contributed by atoms with Crippen molar-refractivity contribution in [1.29, 1.82) is 0 Å². The number of halogens is 4. The predicted molar refractivity (Wildman–Crippen MR) is 42.0 cm³/mol. The Morgan fingerprint density at radius 3 is 2.21 bits per heavy atom. The molecule has 1 aromatic carbocycles. The highest BCUT2D eigenvalue weighted by Crippen LogP contribution is 2.15. The molecule has 0 saturated carbocycles. The fraction of sp³-hybridized carbons (Fsp3) is 0.333. The Kier molecular flexibility index (Phi) is 3.46. The SMILES string of the molecule is OC(CF)Cc1cc(F)c(F)cc1F. The second kappa shape index (κ2) is 4.41. The average Bonchev–Trinajstić information content (AvgIpc) is 2.14. The molecule has 0 fully saturated rings. The van der Waals surface area contributed by atoms with Crippen LogP contribution >= 0.6 is 0 Å². The van der Waals surface area contributed by atoms with Gasteiger partial charge in [-0.05, 0) is 11.6 Å². The first-order valence-corrected chi connectivity index (χ1v) is 3.92. The number of aliphatic hydroxyl groups is 1. The van der Waals surface area contributed by atoms with Gasteiger partial charge in [0.15, 0.2) is 11.6 Å². The van der Waals surface area contributed by atoms with E-state index in [1.165, 1.54) is 0 Å². The van der Waals surface area contributed by atoms with Crippen molar-refractivity contribution in [1.82, 2.24) is 0 Å². The first-order chi connectivity index (χ1) is 6.54. The zero-order valence-corrected chi connectivity index (χ0v) is 7.11. The number of hydrogen-bond donors (Lipinski definition) is 1. The van der Waals surface area contributed by atoms with Crippen LogP contribution < -0.4 is 0 Å². The summed E-state index contributed by atoms with van der Waals surface area (Å²) in [5.74, 6) is -3.51. The topological polar surface area (TPSA) is 20.2 Å². The normalized spacial score (nSPS) is 12.9. The second-order valence-electron chi connectivity index (χ2n) is 2.87. The molecule has 0 aliphatic carbocycles. The smallest absolute Gasteiger partial charge is 0.161 e. The Bertz CT molecular complexity index is 327. The minimum atomic E-state index is -1.39. The molecule has 1 aromatic rings. The maximum Gasteiger partial charge on any atom is 0.161 e. The van der Waals surface area contributed by atoms with Crippen LogP contribution in [-0.4, -0.2) is 17.9 Å². The molecule has 1 unspecified atom stereocenters. The Morgan fingerprint density at radius 2 is 1.64 bits per heavy atom. The molecule has 0 spiro atoms. The molecule has 78 valence electrons. The van der Waals surface area contributed by atoms with Gasteiger partial charge < -0.3 is 5.11 Å². The van der Waals surface area contributed by atoms with Crippen molar-refractivity contribution in [3.8, 4) is 0 Å². The lowest BCUT2D eigenvalue weighted by molar-refractivity contribution is 0.139. The Hall–Kier alpha value is -1.10. The van der Waals surface area contributed by atoms with Crippen molar-refractivity contribution in [3.63, 3.8) is 0 Å². The van der Waals surface area contributed by atoms with E-state index >= 15 is 0 Å². The lowest BCUT2D eigenvalue weighted by Gasteiger charge is -2.07. The average molecular weight is 208 g/mol. The molecule has 1 atom stereocenters. The number of benzene rings is 1. The Balaban J connectivity index is 2.92. The quantitative estimate of drug-likeness (QED) is 0.594. The van der Waals surface area contributed by atoms with Gasteiger partial charge in [0.1, 0.15) is 12.5 Å². The van der Waals surface area contributed by atoms with Gasteiger partial charge in [0.05, 0.1) is 6.10 Å². The third-order valence-corrected chi connectivity index (χ3v) is 1.72. The lowest BCUT2D eigenvalue weighted by atomic mass is 10.1. The van der Waals surface area contributed by atoms with Gasteiger partial charge in [-0.2, -0.15) is 0 Å². The predicted octanol–water partition coefficient (Wildman–Crippen LogP) is 1.98. The van der Waals surface area contributed by atoms with E-state index in [-0.39, 0.29) is 12.0 Å². The van der Waals surface area contributed by atoms with E-state index in [4.69, 9.17) is 5.11 Å². The molecule has 0 heterocycles. The fourth-order valence-corrected chi connectivity index (χ4v) is 1.03. The van der Waals surface area contributed by atoms with E-state index in [0.29, 0.717) is 12.1 Å². The maximum atomic E-state index is 12.9. The largest absolute Gasteiger partial charge is 0.390 e. The van der Waals surface area contributed by atoms with E-state index in [0.717, 1.165) is 0 Å². The molecule has 0 aliphatic heterocycles. The summed E-state index contributed by atoms with van der Waals surface area (Å²) in [6.45, 7) is -1.06. The first-order valence-electron chi connectivity index (χ1n) is 3.92. The van der Waals surface area contributed by atoms with Crippen LogP contribution in [0.2, 0.25) is 0 Å². The van der Waals surface area contributed by atoms with Gasteiger partial charge in [-0.3, -0.25) is 0 Å². The molecule has 14 heavy (non-hydrogen) atoms. The molecule has 0 bridgehead atoms. The van der Waals surface area contributed by atoms with Crippen molar-refractivity contribution >= 4 is 0 Å². The highest BCUT2D eigenvalue weighted by atomic mass is 19.2. The first kappa shape index (κ1) is 11.0. The van der Waals surface area contributed by atoms with Crippen molar-refractivity contribution in [2.24, 2.45) is 0 Å². The van der Waals surface area contributed by atoms with Crippen LogP contribution in [0.4, 0.5) is 17.6 Å². The molecule has 1 rings (SSSR count). The van der Waals surface area contributed by atoms with Crippen molar-refractivity contribution in [2.75, 3.05) is 6.67 Å². The molecule has 0 aliphatic rings. The highest BCUT2D eigenvalue weighted by Gasteiger charge is 2.13. The van der Waals surface area contributed by atoms with Gasteiger partial charge in [-0.1, -0.05) is 0 Å². The molecule has 1 N–H and O–H groups in total. The van der Waals surface area contributed by atoms with Crippen LogP contribution in [0.5, 0.6) is 0 Å². The molecule has 5 heteroatoms. The summed E-state index contributed by atoms with van der Waals surface area (Å²) in [7, 11) is 0.